The van der Waals surface area contributed by atoms with Gasteiger partial charge in [-0.3, -0.25) is 10.9 Å². The first-order valence-electron chi connectivity index (χ1n) is 8.04. The molecule has 0 aromatic carbocycles. The Bertz CT molecular complexity index is 168. The van der Waals surface area contributed by atoms with Gasteiger partial charge < -0.3 is 0 Å². The molecule has 0 saturated heterocycles. The molecule has 2 heteroatoms. The second-order valence-electron chi connectivity index (χ2n) is 6.32. The number of rotatable bonds is 12. The predicted octanol–water partition coefficient (Wildman–Crippen LogP) is 4.51. The molecule has 0 aliphatic rings. The molecule has 0 aliphatic heterocycles. The summed E-state index contributed by atoms with van der Waals surface area (Å²) in [7, 11) is 0. The molecule has 0 rings (SSSR count). The first-order chi connectivity index (χ1) is 8.56. The number of hydrogen-bond acceptors (Lipinski definition) is 2. The van der Waals surface area contributed by atoms with Crippen LogP contribution in [0.1, 0.15) is 79.6 Å². The maximum atomic E-state index is 3.31. The van der Waals surface area contributed by atoms with Crippen LogP contribution in [0.25, 0.3) is 0 Å². The summed E-state index contributed by atoms with van der Waals surface area (Å²) >= 11 is 0. The maximum absolute atomic E-state index is 3.31. The Morgan fingerprint density at radius 1 is 0.778 bits per heavy atom. The Labute approximate surface area is 115 Å². The van der Waals surface area contributed by atoms with Crippen LogP contribution in [0.15, 0.2) is 0 Å². The molecule has 0 aliphatic carbocycles. The molecule has 0 radical (unpaired) electrons. The van der Waals surface area contributed by atoms with Crippen molar-refractivity contribution in [2.75, 3.05) is 6.54 Å². The maximum Gasteiger partial charge on any atom is 0.0156 e. The van der Waals surface area contributed by atoms with Crippen molar-refractivity contribution in [2.45, 2.75) is 85.6 Å². The molecule has 2 N–H and O–H groups in total. The molecule has 18 heavy (non-hydrogen) atoms. The average molecular weight is 256 g/mol. The zero-order valence-electron chi connectivity index (χ0n) is 13.4. The molecule has 0 aromatic rings. The van der Waals surface area contributed by atoms with E-state index in [2.05, 4.69) is 45.5 Å². The number of nitrogens with one attached hydrogen (secondary N) is 2. The SMILES string of the molecule is CCC[C@@H](C)CCCCC[C@@H](C)CNNC(C)C. The van der Waals surface area contributed by atoms with E-state index in [0.29, 0.717) is 6.04 Å². The number of hydrazine groups is 1. The van der Waals surface area contributed by atoms with Gasteiger partial charge in [0.05, 0.1) is 0 Å². The molecule has 0 bridgehead atoms. The van der Waals surface area contributed by atoms with E-state index in [-0.39, 0.29) is 0 Å². The molecule has 0 aromatic heterocycles. The zero-order chi connectivity index (χ0) is 13.8. The van der Waals surface area contributed by atoms with E-state index < -0.39 is 0 Å². The Kier molecular flexibility index (Phi) is 11.9. The molecule has 2 nitrogen and oxygen atoms in total. The highest BCUT2D eigenvalue weighted by molar-refractivity contribution is 4.58. The van der Waals surface area contributed by atoms with Gasteiger partial charge in [-0.05, 0) is 32.1 Å². The van der Waals surface area contributed by atoms with Crippen molar-refractivity contribution in [3.05, 3.63) is 0 Å². The summed E-state index contributed by atoms with van der Waals surface area (Å²) < 4.78 is 0. The van der Waals surface area contributed by atoms with Crippen LogP contribution in [0.2, 0.25) is 0 Å². The Balaban J connectivity index is 3.27. The third-order valence-corrected chi connectivity index (χ3v) is 3.52. The Hall–Kier alpha value is -0.0800. The summed E-state index contributed by atoms with van der Waals surface area (Å²) in [5.41, 5.74) is 6.57. The van der Waals surface area contributed by atoms with Gasteiger partial charge >= 0.3 is 0 Å². The van der Waals surface area contributed by atoms with Crippen LogP contribution in [0.3, 0.4) is 0 Å². The van der Waals surface area contributed by atoms with E-state index >= 15 is 0 Å². The van der Waals surface area contributed by atoms with E-state index in [4.69, 9.17) is 0 Å². The smallest absolute Gasteiger partial charge is 0.0156 e. The Morgan fingerprint density at radius 3 is 1.94 bits per heavy atom. The minimum absolute atomic E-state index is 0.525. The Morgan fingerprint density at radius 2 is 1.39 bits per heavy atom. The lowest BCUT2D eigenvalue weighted by Crippen LogP contribution is -2.39. The molecule has 0 unspecified atom stereocenters. The monoisotopic (exact) mass is 256 g/mol. The van der Waals surface area contributed by atoms with E-state index in [1.165, 1.54) is 44.9 Å². The summed E-state index contributed by atoms with van der Waals surface area (Å²) in [6.07, 6.45) is 9.75. The molecular formula is C16H36N2. The van der Waals surface area contributed by atoms with Gasteiger partial charge in [0.1, 0.15) is 0 Å². The van der Waals surface area contributed by atoms with Crippen molar-refractivity contribution in [1.29, 1.82) is 0 Å². The molecule has 0 saturated carbocycles. The van der Waals surface area contributed by atoms with Crippen molar-refractivity contribution in [2.24, 2.45) is 11.8 Å². The molecular weight excluding hydrogens is 220 g/mol. The minimum atomic E-state index is 0.525. The summed E-state index contributed by atoms with van der Waals surface area (Å²) in [6, 6.07) is 0.525. The van der Waals surface area contributed by atoms with Gasteiger partial charge in [-0.1, -0.05) is 59.3 Å². The van der Waals surface area contributed by atoms with Crippen molar-refractivity contribution >= 4 is 0 Å². The van der Waals surface area contributed by atoms with Gasteiger partial charge in [-0.2, -0.15) is 0 Å². The van der Waals surface area contributed by atoms with Crippen molar-refractivity contribution < 1.29 is 0 Å². The highest BCUT2D eigenvalue weighted by atomic mass is 15.4. The van der Waals surface area contributed by atoms with Crippen LogP contribution in [-0.4, -0.2) is 12.6 Å². The fourth-order valence-corrected chi connectivity index (χ4v) is 2.34. The summed E-state index contributed by atoms with van der Waals surface area (Å²) in [5, 5.41) is 0. The topological polar surface area (TPSA) is 24.1 Å². The second-order valence-corrected chi connectivity index (χ2v) is 6.32. The van der Waals surface area contributed by atoms with Gasteiger partial charge in [0.2, 0.25) is 0 Å². The van der Waals surface area contributed by atoms with Crippen LogP contribution < -0.4 is 10.9 Å². The zero-order valence-corrected chi connectivity index (χ0v) is 13.4. The standard InChI is InChI=1S/C16H36N2/c1-6-10-15(4)11-8-7-9-12-16(5)13-17-18-14(2)3/h14-18H,6-13H2,1-5H3/t15-,16-/m1/s1. The lowest BCUT2D eigenvalue weighted by atomic mass is 9.97. The summed E-state index contributed by atoms with van der Waals surface area (Å²) in [6.45, 7) is 12.4. The quantitative estimate of drug-likeness (QED) is 0.396. The van der Waals surface area contributed by atoms with Gasteiger partial charge in [0, 0.05) is 12.6 Å². The van der Waals surface area contributed by atoms with E-state index in [0.717, 1.165) is 18.4 Å². The van der Waals surface area contributed by atoms with Crippen molar-refractivity contribution in [3.63, 3.8) is 0 Å². The highest BCUT2D eigenvalue weighted by Crippen LogP contribution is 2.16. The third kappa shape index (κ3) is 12.4. The highest BCUT2D eigenvalue weighted by Gasteiger charge is 2.03. The van der Waals surface area contributed by atoms with E-state index in [1.807, 2.05) is 0 Å². The lowest BCUT2D eigenvalue weighted by Gasteiger charge is -2.15. The number of unbranched alkanes of at least 4 members (excludes halogenated alkanes) is 2. The van der Waals surface area contributed by atoms with E-state index in [1.54, 1.807) is 0 Å². The minimum Gasteiger partial charge on any atom is -0.257 e. The van der Waals surface area contributed by atoms with Crippen LogP contribution in [0.5, 0.6) is 0 Å². The van der Waals surface area contributed by atoms with Crippen LogP contribution >= 0.6 is 0 Å². The molecule has 0 spiro atoms. The van der Waals surface area contributed by atoms with Gasteiger partial charge in [-0.15, -0.1) is 0 Å². The average Bonchev–Trinajstić information content (AvgIpc) is 2.28. The van der Waals surface area contributed by atoms with Gasteiger partial charge in [0.25, 0.3) is 0 Å². The first-order valence-corrected chi connectivity index (χ1v) is 8.04. The second kappa shape index (κ2) is 12.0. The molecule has 0 amide bonds. The van der Waals surface area contributed by atoms with Gasteiger partial charge in [-0.25, -0.2) is 0 Å². The van der Waals surface area contributed by atoms with E-state index in [9.17, 15) is 0 Å². The molecule has 0 fully saturated rings. The fraction of sp³-hybridized carbons (Fsp3) is 1.00. The van der Waals surface area contributed by atoms with Gasteiger partial charge in [0.15, 0.2) is 0 Å². The molecule has 110 valence electrons. The summed E-state index contributed by atoms with van der Waals surface area (Å²) in [4.78, 5) is 0. The van der Waals surface area contributed by atoms with Crippen molar-refractivity contribution in [1.82, 2.24) is 10.9 Å². The van der Waals surface area contributed by atoms with Crippen LogP contribution in [-0.2, 0) is 0 Å². The normalized spacial score (nSPS) is 15.0. The van der Waals surface area contributed by atoms with Crippen molar-refractivity contribution in [3.8, 4) is 0 Å². The fourth-order valence-electron chi connectivity index (χ4n) is 2.34. The lowest BCUT2D eigenvalue weighted by molar-refractivity contribution is 0.387. The third-order valence-electron chi connectivity index (χ3n) is 3.52. The largest absolute Gasteiger partial charge is 0.257 e. The van der Waals surface area contributed by atoms with Crippen LogP contribution in [0.4, 0.5) is 0 Å². The summed E-state index contributed by atoms with van der Waals surface area (Å²) in [5.74, 6) is 1.72. The molecule has 0 heterocycles. The first kappa shape index (κ1) is 17.9. The molecule has 2 atom stereocenters. The predicted molar refractivity (Wildman–Crippen MR) is 82.6 cm³/mol. The van der Waals surface area contributed by atoms with Crippen LogP contribution in [0, 0.1) is 11.8 Å². The number of hydrogen-bond donors (Lipinski definition) is 2.